The topological polar surface area (TPSA) is 78.9 Å². The number of hydrogen-bond acceptors (Lipinski definition) is 4. The monoisotopic (exact) mass is 334 g/mol. The van der Waals surface area contributed by atoms with Gasteiger partial charge < -0.3 is 9.84 Å². The lowest BCUT2D eigenvalue weighted by Crippen LogP contribution is -2.43. The lowest BCUT2D eigenvalue weighted by molar-refractivity contribution is 0.166. The summed E-state index contributed by atoms with van der Waals surface area (Å²) in [5, 5.41) is 9.62. The molecule has 21 heavy (non-hydrogen) atoms. The largest absolute Gasteiger partial charge is 0.495 e. The number of methoxy groups -OCH3 is 1. The summed E-state index contributed by atoms with van der Waals surface area (Å²) in [6.45, 7) is 0.746. The molecule has 118 valence electrons. The Labute approximate surface area is 129 Å². The van der Waals surface area contributed by atoms with Crippen molar-refractivity contribution in [2.45, 2.75) is 12.8 Å². The number of hydrogen-bond donors (Lipinski definition) is 2. The number of aliphatic hydroxyl groups is 1. The lowest BCUT2D eigenvalue weighted by Gasteiger charge is -2.31. The summed E-state index contributed by atoms with van der Waals surface area (Å²) in [5.74, 6) is 0.385. The average molecular weight is 335 g/mol. The number of nitrogens with zero attached hydrogens (tertiary/aromatic N) is 1. The van der Waals surface area contributed by atoms with Gasteiger partial charge in [0.2, 0.25) is 0 Å². The first-order chi connectivity index (χ1) is 9.96. The van der Waals surface area contributed by atoms with Crippen LogP contribution in [-0.4, -0.2) is 44.6 Å². The van der Waals surface area contributed by atoms with Crippen molar-refractivity contribution in [3.8, 4) is 5.75 Å². The van der Waals surface area contributed by atoms with Crippen LogP contribution in [0.5, 0.6) is 5.75 Å². The molecule has 0 bridgehead atoms. The molecule has 0 aliphatic carbocycles. The van der Waals surface area contributed by atoms with Gasteiger partial charge in [-0.3, -0.25) is 4.72 Å². The van der Waals surface area contributed by atoms with Crippen molar-refractivity contribution in [1.82, 2.24) is 4.31 Å². The Kier molecular flexibility index (Phi) is 5.32. The van der Waals surface area contributed by atoms with E-state index in [1.165, 1.54) is 17.5 Å². The van der Waals surface area contributed by atoms with E-state index in [1.54, 1.807) is 12.1 Å². The molecule has 0 aromatic heterocycles. The van der Waals surface area contributed by atoms with E-state index in [9.17, 15) is 13.5 Å². The normalized spacial score (nSPS) is 20.2. The number of rotatable bonds is 5. The summed E-state index contributed by atoms with van der Waals surface area (Å²) in [5.41, 5.74) is 0.302. The zero-order valence-electron chi connectivity index (χ0n) is 11.8. The summed E-state index contributed by atoms with van der Waals surface area (Å²) in [7, 11) is -2.23. The molecule has 1 aromatic carbocycles. The first kappa shape index (κ1) is 16.4. The lowest BCUT2D eigenvalue weighted by atomic mass is 10.0. The highest BCUT2D eigenvalue weighted by atomic mass is 35.5. The smallest absolute Gasteiger partial charge is 0.301 e. The zero-order chi connectivity index (χ0) is 15.5. The van der Waals surface area contributed by atoms with Crippen molar-refractivity contribution < 1.29 is 18.3 Å². The van der Waals surface area contributed by atoms with E-state index >= 15 is 0 Å². The Morgan fingerprint density at radius 3 is 2.95 bits per heavy atom. The van der Waals surface area contributed by atoms with Crippen LogP contribution in [0.1, 0.15) is 12.8 Å². The number of piperidine rings is 1. The van der Waals surface area contributed by atoms with Gasteiger partial charge in [-0.15, -0.1) is 0 Å². The summed E-state index contributed by atoms with van der Waals surface area (Å²) >= 11 is 5.90. The Morgan fingerprint density at radius 2 is 2.29 bits per heavy atom. The van der Waals surface area contributed by atoms with Crippen LogP contribution in [0.3, 0.4) is 0 Å². The van der Waals surface area contributed by atoms with Crippen molar-refractivity contribution >= 4 is 27.5 Å². The Hall–Kier alpha value is -1.02. The highest BCUT2D eigenvalue weighted by Gasteiger charge is 2.29. The van der Waals surface area contributed by atoms with Gasteiger partial charge in [0.15, 0.2) is 0 Å². The molecule has 1 heterocycles. The molecule has 2 N–H and O–H groups in total. The van der Waals surface area contributed by atoms with E-state index in [0.717, 1.165) is 12.8 Å². The molecule has 0 saturated carbocycles. The van der Waals surface area contributed by atoms with Crippen molar-refractivity contribution in [2.75, 3.05) is 31.5 Å². The van der Waals surface area contributed by atoms with Gasteiger partial charge in [-0.2, -0.15) is 12.7 Å². The number of aliphatic hydroxyl groups excluding tert-OH is 1. The van der Waals surface area contributed by atoms with Gasteiger partial charge in [0.25, 0.3) is 0 Å². The number of nitrogens with one attached hydrogen (secondary N) is 1. The molecule has 1 saturated heterocycles. The van der Waals surface area contributed by atoms with Gasteiger partial charge in [-0.25, -0.2) is 0 Å². The second-order valence-corrected chi connectivity index (χ2v) is 7.11. The molecule has 1 aliphatic heterocycles. The first-order valence-electron chi connectivity index (χ1n) is 6.68. The van der Waals surface area contributed by atoms with Crippen LogP contribution in [-0.2, 0) is 10.2 Å². The molecule has 1 fully saturated rings. The summed E-state index contributed by atoms with van der Waals surface area (Å²) in [6.07, 6.45) is 1.57. The molecule has 2 rings (SSSR count). The van der Waals surface area contributed by atoms with Crippen LogP contribution in [0.25, 0.3) is 0 Å². The first-order valence-corrected chi connectivity index (χ1v) is 8.50. The molecule has 0 amide bonds. The van der Waals surface area contributed by atoms with Crippen molar-refractivity contribution in [3.05, 3.63) is 23.2 Å². The van der Waals surface area contributed by atoms with Gasteiger partial charge >= 0.3 is 10.2 Å². The van der Waals surface area contributed by atoms with Crippen LogP contribution < -0.4 is 9.46 Å². The third-order valence-electron chi connectivity index (χ3n) is 3.48. The highest BCUT2D eigenvalue weighted by Crippen LogP contribution is 2.29. The minimum absolute atomic E-state index is 0.00743. The molecular weight excluding hydrogens is 316 g/mol. The fourth-order valence-corrected chi connectivity index (χ4v) is 3.87. The van der Waals surface area contributed by atoms with Crippen LogP contribution >= 0.6 is 11.6 Å². The van der Waals surface area contributed by atoms with E-state index in [4.69, 9.17) is 16.3 Å². The molecule has 1 aromatic rings. The Morgan fingerprint density at radius 1 is 1.52 bits per heavy atom. The third kappa shape index (κ3) is 4.00. The Balaban J connectivity index is 2.19. The second-order valence-electron chi connectivity index (χ2n) is 5.00. The number of benzene rings is 1. The van der Waals surface area contributed by atoms with E-state index in [-0.39, 0.29) is 12.5 Å². The molecule has 0 spiro atoms. The van der Waals surface area contributed by atoms with Crippen LogP contribution in [0.15, 0.2) is 18.2 Å². The molecule has 1 unspecified atom stereocenters. The van der Waals surface area contributed by atoms with E-state index in [1.807, 2.05) is 0 Å². The number of ether oxygens (including phenoxy) is 1. The molecule has 1 atom stereocenters. The number of anilines is 1. The van der Waals surface area contributed by atoms with Gasteiger partial charge in [-0.1, -0.05) is 11.6 Å². The summed E-state index contributed by atoms with van der Waals surface area (Å²) in [4.78, 5) is 0. The minimum Gasteiger partial charge on any atom is -0.495 e. The molecule has 1 aliphatic rings. The van der Waals surface area contributed by atoms with Crippen LogP contribution in [0, 0.1) is 5.92 Å². The van der Waals surface area contributed by atoms with Crippen LogP contribution in [0.4, 0.5) is 5.69 Å². The average Bonchev–Trinajstić information content (AvgIpc) is 2.47. The standard InChI is InChI=1S/C13H19ClN2O4S/c1-20-13-5-4-11(14)7-12(13)15-21(18,19)16-6-2-3-10(8-16)9-17/h4-5,7,10,15,17H,2-3,6,8-9H2,1H3. The minimum atomic E-state index is -3.70. The maximum absolute atomic E-state index is 12.4. The molecule has 8 heteroatoms. The van der Waals surface area contributed by atoms with Gasteiger partial charge in [0, 0.05) is 24.7 Å². The van der Waals surface area contributed by atoms with Crippen molar-refractivity contribution in [2.24, 2.45) is 5.92 Å². The second kappa shape index (κ2) is 6.83. The van der Waals surface area contributed by atoms with Gasteiger partial charge in [0.05, 0.1) is 12.8 Å². The predicted molar refractivity (Wildman–Crippen MR) is 81.9 cm³/mol. The zero-order valence-corrected chi connectivity index (χ0v) is 13.3. The third-order valence-corrected chi connectivity index (χ3v) is 5.20. The highest BCUT2D eigenvalue weighted by molar-refractivity contribution is 7.90. The quantitative estimate of drug-likeness (QED) is 0.859. The fourth-order valence-electron chi connectivity index (χ4n) is 2.36. The maximum Gasteiger partial charge on any atom is 0.301 e. The maximum atomic E-state index is 12.4. The molecular formula is C13H19ClN2O4S. The summed E-state index contributed by atoms with van der Waals surface area (Å²) < 4.78 is 33.8. The molecule has 0 radical (unpaired) electrons. The Bertz CT molecular complexity index is 594. The van der Waals surface area contributed by atoms with E-state index < -0.39 is 10.2 Å². The van der Waals surface area contributed by atoms with Crippen molar-refractivity contribution in [1.29, 1.82) is 0 Å². The molecule has 6 nitrogen and oxygen atoms in total. The fraction of sp³-hybridized carbons (Fsp3) is 0.538. The number of halogens is 1. The predicted octanol–water partition coefficient (Wildman–Crippen LogP) is 1.71. The summed E-state index contributed by atoms with van der Waals surface area (Å²) in [6, 6.07) is 4.74. The SMILES string of the molecule is COc1ccc(Cl)cc1NS(=O)(=O)N1CCCC(CO)C1. The van der Waals surface area contributed by atoms with Gasteiger partial charge in [-0.05, 0) is 37.0 Å². The van der Waals surface area contributed by atoms with Gasteiger partial charge in [0.1, 0.15) is 5.75 Å². The van der Waals surface area contributed by atoms with E-state index in [0.29, 0.717) is 29.5 Å². The van der Waals surface area contributed by atoms with Crippen LogP contribution in [0.2, 0.25) is 5.02 Å². The van der Waals surface area contributed by atoms with Crippen molar-refractivity contribution in [3.63, 3.8) is 0 Å². The van der Waals surface area contributed by atoms with E-state index in [2.05, 4.69) is 4.72 Å².